The van der Waals surface area contributed by atoms with Crippen LogP contribution in [0.2, 0.25) is 0 Å². The summed E-state index contributed by atoms with van der Waals surface area (Å²) in [5.41, 5.74) is -0.739. The number of hydrogen-bond donors (Lipinski definition) is 1. The quantitative estimate of drug-likeness (QED) is 0.845. The molecule has 1 aliphatic carbocycles. The van der Waals surface area contributed by atoms with Crippen molar-refractivity contribution in [3.8, 4) is 0 Å². The zero-order chi connectivity index (χ0) is 15.1. The topological polar surface area (TPSA) is 49.4 Å². The highest BCUT2D eigenvalue weighted by atomic mass is 32.2. The third-order valence-corrected chi connectivity index (χ3v) is 6.18. The van der Waals surface area contributed by atoms with Gasteiger partial charge >= 0.3 is 0 Å². The number of thioether (sulfide) groups is 1. The number of nitrogens with zero attached hydrogens (tertiary/aromatic N) is 1. The van der Waals surface area contributed by atoms with E-state index in [9.17, 15) is 9.59 Å². The second-order valence-corrected chi connectivity index (χ2v) is 7.96. The average Bonchev–Trinajstić information content (AvgIpc) is 3.15. The van der Waals surface area contributed by atoms with Crippen molar-refractivity contribution in [2.75, 3.05) is 12.8 Å². The molecule has 5 heteroatoms. The van der Waals surface area contributed by atoms with Crippen LogP contribution in [0.15, 0.2) is 0 Å². The van der Waals surface area contributed by atoms with E-state index in [1.807, 2.05) is 44.4 Å². The molecule has 0 radical (unpaired) electrons. The van der Waals surface area contributed by atoms with Gasteiger partial charge in [0.1, 0.15) is 11.6 Å². The molecular weight excluding hydrogens is 272 g/mol. The summed E-state index contributed by atoms with van der Waals surface area (Å²) in [5.74, 6) is 0.220. The Hall–Kier alpha value is -0.710. The van der Waals surface area contributed by atoms with Gasteiger partial charge in [-0.1, -0.05) is 20.8 Å². The first kappa shape index (κ1) is 15.7. The molecule has 1 heterocycles. The van der Waals surface area contributed by atoms with Crippen molar-refractivity contribution in [2.24, 2.45) is 5.92 Å². The van der Waals surface area contributed by atoms with Crippen LogP contribution in [-0.2, 0) is 9.59 Å². The summed E-state index contributed by atoms with van der Waals surface area (Å²) in [6.45, 7) is 8.53. The first-order chi connectivity index (χ1) is 9.28. The zero-order valence-corrected chi connectivity index (χ0v) is 14.0. The maximum atomic E-state index is 12.9. The van der Waals surface area contributed by atoms with E-state index in [2.05, 4.69) is 11.6 Å². The summed E-state index contributed by atoms with van der Waals surface area (Å²) in [5, 5.41) is 2.94. The summed E-state index contributed by atoms with van der Waals surface area (Å²) in [6, 6.07) is -0.327. The molecule has 2 amide bonds. The highest BCUT2D eigenvalue weighted by Crippen LogP contribution is 2.48. The predicted molar refractivity (Wildman–Crippen MR) is 82.7 cm³/mol. The molecule has 2 atom stereocenters. The van der Waals surface area contributed by atoms with Crippen molar-refractivity contribution in [1.29, 1.82) is 0 Å². The minimum absolute atomic E-state index is 0.000790. The van der Waals surface area contributed by atoms with E-state index in [1.165, 1.54) is 0 Å². The summed E-state index contributed by atoms with van der Waals surface area (Å²) in [6.07, 6.45) is 5.02. The summed E-state index contributed by atoms with van der Waals surface area (Å²) >= 11 is 1.83. The molecule has 0 spiro atoms. The van der Waals surface area contributed by atoms with E-state index in [-0.39, 0.29) is 28.5 Å². The van der Waals surface area contributed by atoms with Crippen LogP contribution in [-0.4, -0.2) is 45.8 Å². The lowest BCUT2D eigenvalue weighted by atomic mass is 9.88. The fraction of sp³-hybridized carbons (Fsp3) is 0.867. The monoisotopic (exact) mass is 298 g/mol. The van der Waals surface area contributed by atoms with Crippen LogP contribution in [0, 0.1) is 5.92 Å². The van der Waals surface area contributed by atoms with Crippen LogP contribution >= 0.6 is 11.8 Å². The highest BCUT2D eigenvalue weighted by molar-refractivity contribution is 8.00. The smallest absolute Gasteiger partial charge is 0.248 e. The van der Waals surface area contributed by atoms with Crippen molar-refractivity contribution in [3.63, 3.8) is 0 Å². The van der Waals surface area contributed by atoms with Gasteiger partial charge in [-0.2, -0.15) is 11.8 Å². The molecule has 2 aliphatic rings. The molecule has 0 aromatic carbocycles. The van der Waals surface area contributed by atoms with E-state index in [0.717, 1.165) is 12.8 Å². The number of piperazine rings is 1. The van der Waals surface area contributed by atoms with Crippen molar-refractivity contribution in [1.82, 2.24) is 10.2 Å². The fourth-order valence-electron chi connectivity index (χ4n) is 2.93. The standard InChI is InChI=1S/C15H26N2O2S/c1-6-14(4)13(19)17(9-15(20-5)7-8-15)11(10(2)3)12(18)16-14/h10-11H,6-9H2,1-5H3,(H,16,18). The average molecular weight is 298 g/mol. The Bertz CT molecular complexity index is 420. The van der Waals surface area contributed by atoms with Crippen molar-refractivity contribution >= 4 is 23.6 Å². The fourth-order valence-corrected chi connectivity index (χ4v) is 3.71. The number of carbonyl (C=O) groups excluding carboxylic acids is 2. The van der Waals surface area contributed by atoms with Crippen molar-refractivity contribution in [3.05, 3.63) is 0 Å². The molecule has 1 aliphatic heterocycles. The van der Waals surface area contributed by atoms with E-state index < -0.39 is 5.54 Å². The van der Waals surface area contributed by atoms with Crippen LogP contribution in [0.25, 0.3) is 0 Å². The van der Waals surface area contributed by atoms with Crippen molar-refractivity contribution < 1.29 is 9.59 Å². The molecule has 0 aromatic heterocycles. The summed E-state index contributed by atoms with van der Waals surface area (Å²) in [4.78, 5) is 27.2. The summed E-state index contributed by atoms with van der Waals surface area (Å²) in [7, 11) is 0. The van der Waals surface area contributed by atoms with Crippen LogP contribution < -0.4 is 5.32 Å². The van der Waals surface area contributed by atoms with Gasteiger partial charge in [0.15, 0.2) is 0 Å². The van der Waals surface area contributed by atoms with Gasteiger partial charge < -0.3 is 10.2 Å². The van der Waals surface area contributed by atoms with E-state index in [0.29, 0.717) is 13.0 Å². The Balaban J connectivity index is 2.29. The molecule has 0 bridgehead atoms. The maximum absolute atomic E-state index is 12.9. The van der Waals surface area contributed by atoms with Gasteiger partial charge in [0.2, 0.25) is 11.8 Å². The summed E-state index contributed by atoms with van der Waals surface area (Å²) < 4.78 is 0.190. The Morgan fingerprint density at radius 2 is 2.00 bits per heavy atom. The number of carbonyl (C=O) groups is 2. The SMILES string of the molecule is CCC1(C)NC(=O)C(C(C)C)N(CC2(SC)CC2)C1=O. The first-order valence-corrected chi connectivity index (χ1v) is 8.69. The van der Waals surface area contributed by atoms with Gasteiger partial charge in [0, 0.05) is 11.3 Å². The van der Waals surface area contributed by atoms with Crippen LogP contribution in [0.1, 0.15) is 47.0 Å². The Morgan fingerprint density at radius 3 is 2.40 bits per heavy atom. The zero-order valence-electron chi connectivity index (χ0n) is 13.2. The van der Waals surface area contributed by atoms with Gasteiger partial charge in [-0.25, -0.2) is 0 Å². The number of amides is 2. The second-order valence-electron chi connectivity index (χ2n) is 6.68. The molecule has 20 heavy (non-hydrogen) atoms. The number of hydrogen-bond acceptors (Lipinski definition) is 3. The molecular formula is C15H26N2O2S. The molecule has 2 unspecified atom stereocenters. The van der Waals surface area contributed by atoms with Crippen LogP contribution in [0.4, 0.5) is 0 Å². The Morgan fingerprint density at radius 1 is 1.40 bits per heavy atom. The molecule has 1 N–H and O–H groups in total. The lowest BCUT2D eigenvalue weighted by Gasteiger charge is -2.46. The minimum atomic E-state index is -0.739. The molecule has 0 aromatic rings. The molecule has 114 valence electrons. The lowest BCUT2D eigenvalue weighted by molar-refractivity contribution is -0.156. The van der Waals surface area contributed by atoms with E-state index >= 15 is 0 Å². The van der Waals surface area contributed by atoms with Crippen molar-refractivity contribution in [2.45, 2.75) is 63.3 Å². The predicted octanol–water partition coefficient (Wildman–Crippen LogP) is 2.03. The van der Waals surface area contributed by atoms with Gasteiger partial charge in [-0.05, 0) is 38.4 Å². The van der Waals surface area contributed by atoms with Crippen LogP contribution in [0.5, 0.6) is 0 Å². The lowest BCUT2D eigenvalue weighted by Crippen LogP contribution is -2.70. The maximum Gasteiger partial charge on any atom is 0.248 e. The third-order valence-electron chi connectivity index (χ3n) is 4.77. The molecule has 1 saturated carbocycles. The Kier molecular flexibility index (Phi) is 4.11. The largest absolute Gasteiger partial charge is 0.340 e. The second kappa shape index (κ2) is 5.24. The Labute approximate surface area is 126 Å². The van der Waals surface area contributed by atoms with Gasteiger partial charge in [-0.3, -0.25) is 9.59 Å². The normalized spacial score (nSPS) is 32.5. The van der Waals surface area contributed by atoms with E-state index in [4.69, 9.17) is 0 Å². The number of nitrogens with one attached hydrogen (secondary N) is 1. The minimum Gasteiger partial charge on any atom is -0.340 e. The van der Waals surface area contributed by atoms with Gasteiger partial charge in [0.05, 0.1) is 0 Å². The van der Waals surface area contributed by atoms with E-state index in [1.54, 1.807) is 0 Å². The van der Waals surface area contributed by atoms with Crippen LogP contribution in [0.3, 0.4) is 0 Å². The molecule has 4 nitrogen and oxygen atoms in total. The molecule has 2 fully saturated rings. The first-order valence-electron chi connectivity index (χ1n) is 7.47. The third kappa shape index (κ3) is 2.57. The molecule has 2 rings (SSSR count). The highest BCUT2D eigenvalue weighted by Gasteiger charge is 2.52. The molecule has 1 saturated heterocycles. The van der Waals surface area contributed by atoms with Gasteiger partial charge in [-0.15, -0.1) is 0 Å². The van der Waals surface area contributed by atoms with Gasteiger partial charge in [0.25, 0.3) is 0 Å². The number of rotatable bonds is 5.